The van der Waals surface area contributed by atoms with Gasteiger partial charge in [0, 0.05) is 23.9 Å². The van der Waals surface area contributed by atoms with Crippen molar-refractivity contribution in [1.29, 1.82) is 0 Å². The van der Waals surface area contributed by atoms with Crippen molar-refractivity contribution in [3.8, 4) is 11.5 Å². The van der Waals surface area contributed by atoms with Crippen LogP contribution < -0.4 is 10.1 Å². The van der Waals surface area contributed by atoms with E-state index in [1.165, 1.54) is 12.1 Å². The zero-order valence-corrected chi connectivity index (χ0v) is 15.4. The molecule has 152 valence electrons. The number of rotatable bonds is 6. The maximum Gasteiger partial charge on any atom is 0.458 e. The molecule has 0 heterocycles. The zero-order valence-electron chi connectivity index (χ0n) is 15.4. The first-order valence-corrected chi connectivity index (χ1v) is 8.77. The fraction of sp³-hybridized carbons (Fsp3) is 0.182. The summed E-state index contributed by atoms with van der Waals surface area (Å²) < 4.78 is 70.5. The molecule has 0 aliphatic rings. The van der Waals surface area contributed by atoms with E-state index in [4.69, 9.17) is 4.74 Å². The standard InChI is InChI=1S/C22H18F5NO/c1-15-8-10-19(11-9-15)29-20-7-3-6-18(13-20)28-14-16-4-2-5-17(12-16)21(23,24)22(25,26)27/h2-13,28H,14H2,1H3. The van der Waals surface area contributed by atoms with Crippen LogP contribution in [-0.2, 0) is 12.5 Å². The van der Waals surface area contributed by atoms with Crippen molar-refractivity contribution in [2.45, 2.75) is 25.6 Å². The van der Waals surface area contributed by atoms with Gasteiger partial charge in [0.25, 0.3) is 0 Å². The highest BCUT2D eigenvalue weighted by molar-refractivity contribution is 5.49. The van der Waals surface area contributed by atoms with Crippen molar-refractivity contribution in [3.05, 3.63) is 89.5 Å². The largest absolute Gasteiger partial charge is 0.458 e. The molecule has 0 saturated carbocycles. The Labute approximate surface area is 164 Å². The highest BCUT2D eigenvalue weighted by Crippen LogP contribution is 2.43. The van der Waals surface area contributed by atoms with Gasteiger partial charge in [-0.15, -0.1) is 0 Å². The van der Waals surface area contributed by atoms with E-state index in [2.05, 4.69) is 5.32 Å². The van der Waals surface area contributed by atoms with Crippen LogP contribution in [0.1, 0.15) is 16.7 Å². The number of hydrogen-bond acceptors (Lipinski definition) is 2. The van der Waals surface area contributed by atoms with Crippen LogP contribution in [0.15, 0.2) is 72.8 Å². The van der Waals surface area contributed by atoms with Gasteiger partial charge >= 0.3 is 12.1 Å². The number of alkyl halides is 5. The van der Waals surface area contributed by atoms with Crippen LogP contribution in [0.25, 0.3) is 0 Å². The number of benzene rings is 3. The van der Waals surface area contributed by atoms with E-state index in [-0.39, 0.29) is 6.54 Å². The molecule has 0 fully saturated rings. The smallest absolute Gasteiger partial charge is 0.457 e. The molecule has 0 amide bonds. The molecule has 0 aromatic heterocycles. The third kappa shape index (κ3) is 5.04. The average molecular weight is 407 g/mol. The number of nitrogens with one attached hydrogen (secondary N) is 1. The van der Waals surface area contributed by atoms with Gasteiger partial charge in [-0.3, -0.25) is 0 Å². The molecule has 0 radical (unpaired) electrons. The molecular weight excluding hydrogens is 389 g/mol. The number of hydrogen-bond donors (Lipinski definition) is 1. The highest BCUT2D eigenvalue weighted by Gasteiger charge is 2.58. The Morgan fingerprint density at radius 2 is 1.48 bits per heavy atom. The third-order valence-electron chi connectivity index (χ3n) is 4.23. The van der Waals surface area contributed by atoms with Gasteiger partial charge in [0.1, 0.15) is 11.5 Å². The lowest BCUT2D eigenvalue weighted by Crippen LogP contribution is -2.33. The quantitative estimate of drug-likeness (QED) is 0.442. The summed E-state index contributed by atoms with van der Waals surface area (Å²) in [4.78, 5) is 0. The number of ether oxygens (including phenoxy) is 1. The predicted octanol–water partition coefficient (Wildman–Crippen LogP) is 7.05. The van der Waals surface area contributed by atoms with Gasteiger partial charge in [-0.05, 0) is 42.8 Å². The molecule has 0 atom stereocenters. The Hall–Kier alpha value is -3.09. The second kappa shape index (κ2) is 8.11. The maximum atomic E-state index is 13.5. The van der Waals surface area contributed by atoms with Crippen molar-refractivity contribution in [2.24, 2.45) is 0 Å². The SMILES string of the molecule is Cc1ccc(Oc2cccc(NCc3cccc(C(F)(F)C(F)(F)F)c3)c2)cc1. The Kier molecular flexibility index (Phi) is 5.77. The summed E-state index contributed by atoms with van der Waals surface area (Å²) in [5.41, 5.74) is 0.964. The van der Waals surface area contributed by atoms with Crippen LogP contribution in [0.5, 0.6) is 11.5 Å². The zero-order chi connectivity index (χ0) is 21.1. The van der Waals surface area contributed by atoms with Crippen LogP contribution in [0.4, 0.5) is 27.6 Å². The van der Waals surface area contributed by atoms with Crippen molar-refractivity contribution in [1.82, 2.24) is 0 Å². The van der Waals surface area contributed by atoms with Crippen molar-refractivity contribution < 1.29 is 26.7 Å². The van der Waals surface area contributed by atoms with Gasteiger partial charge in [0.2, 0.25) is 0 Å². The van der Waals surface area contributed by atoms with E-state index in [1.54, 1.807) is 24.3 Å². The lowest BCUT2D eigenvalue weighted by Gasteiger charge is -2.20. The molecule has 3 rings (SSSR count). The minimum atomic E-state index is -5.64. The number of anilines is 1. The second-order valence-corrected chi connectivity index (χ2v) is 6.57. The fourth-order valence-electron chi connectivity index (χ4n) is 2.66. The lowest BCUT2D eigenvalue weighted by atomic mass is 10.0. The van der Waals surface area contributed by atoms with Crippen LogP contribution in [-0.4, -0.2) is 6.18 Å². The first kappa shape index (κ1) is 20.6. The Bertz CT molecular complexity index is 967. The molecule has 2 nitrogen and oxygen atoms in total. The Morgan fingerprint density at radius 3 is 2.17 bits per heavy atom. The third-order valence-corrected chi connectivity index (χ3v) is 4.23. The van der Waals surface area contributed by atoms with Crippen molar-refractivity contribution in [3.63, 3.8) is 0 Å². The Morgan fingerprint density at radius 1 is 0.793 bits per heavy atom. The molecule has 3 aromatic rings. The molecule has 29 heavy (non-hydrogen) atoms. The molecule has 0 spiro atoms. The van der Waals surface area contributed by atoms with E-state index < -0.39 is 17.7 Å². The topological polar surface area (TPSA) is 21.3 Å². The molecule has 0 bridgehead atoms. The first-order chi connectivity index (χ1) is 13.6. The molecule has 0 unspecified atom stereocenters. The van der Waals surface area contributed by atoms with E-state index in [0.29, 0.717) is 22.7 Å². The normalized spacial score (nSPS) is 11.9. The minimum Gasteiger partial charge on any atom is -0.457 e. The Balaban J connectivity index is 1.69. The summed E-state index contributed by atoms with van der Waals surface area (Å²) in [7, 11) is 0. The molecule has 0 aliphatic carbocycles. The van der Waals surface area contributed by atoms with Gasteiger partial charge in [0.15, 0.2) is 0 Å². The fourth-order valence-corrected chi connectivity index (χ4v) is 2.66. The summed E-state index contributed by atoms with van der Waals surface area (Å²) in [6, 6.07) is 18.8. The number of halogens is 5. The summed E-state index contributed by atoms with van der Waals surface area (Å²) >= 11 is 0. The van der Waals surface area contributed by atoms with Gasteiger partial charge < -0.3 is 10.1 Å². The van der Waals surface area contributed by atoms with E-state index >= 15 is 0 Å². The minimum absolute atomic E-state index is 0.0791. The van der Waals surface area contributed by atoms with Gasteiger partial charge in [-0.2, -0.15) is 22.0 Å². The van der Waals surface area contributed by atoms with E-state index in [1.807, 2.05) is 31.2 Å². The highest BCUT2D eigenvalue weighted by atomic mass is 19.4. The van der Waals surface area contributed by atoms with Gasteiger partial charge in [0.05, 0.1) is 0 Å². The van der Waals surface area contributed by atoms with Crippen LogP contribution in [0, 0.1) is 6.92 Å². The number of aryl methyl sites for hydroxylation is 1. The van der Waals surface area contributed by atoms with Crippen LogP contribution in [0.2, 0.25) is 0 Å². The predicted molar refractivity (Wildman–Crippen MR) is 101 cm³/mol. The van der Waals surface area contributed by atoms with Crippen molar-refractivity contribution in [2.75, 3.05) is 5.32 Å². The molecule has 0 aliphatic heterocycles. The molecule has 1 N–H and O–H groups in total. The van der Waals surface area contributed by atoms with E-state index in [9.17, 15) is 22.0 Å². The first-order valence-electron chi connectivity index (χ1n) is 8.77. The van der Waals surface area contributed by atoms with Crippen LogP contribution in [0.3, 0.4) is 0 Å². The monoisotopic (exact) mass is 407 g/mol. The second-order valence-electron chi connectivity index (χ2n) is 6.57. The summed E-state index contributed by atoms with van der Waals surface area (Å²) in [6.07, 6.45) is -5.64. The average Bonchev–Trinajstić information content (AvgIpc) is 2.68. The summed E-state index contributed by atoms with van der Waals surface area (Å²) in [6.45, 7) is 2.05. The lowest BCUT2D eigenvalue weighted by molar-refractivity contribution is -0.289. The molecule has 0 saturated heterocycles. The summed E-state index contributed by atoms with van der Waals surface area (Å²) in [5.74, 6) is -3.67. The van der Waals surface area contributed by atoms with Gasteiger partial charge in [-0.25, -0.2) is 0 Å². The van der Waals surface area contributed by atoms with Crippen molar-refractivity contribution >= 4 is 5.69 Å². The molecule has 7 heteroatoms. The molecule has 3 aromatic carbocycles. The maximum absolute atomic E-state index is 13.5. The van der Waals surface area contributed by atoms with E-state index in [0.717, 1.165) is 17.7 Å². The summed E-state index contributed by atoms with van der Waals surface area (Å²) in [5, 5.41) is 3.01. The van der Waals surface area contributed by atoms with Crippen LogP contribution >= 0.6 is 0 Å². The molecular formula is C22H18F5NO. The van der Waals surface area contributed by atoms with Gasteiger partial charge in [-0.1, -0.05) is 42.0 Å².